The van der Waals surface area contributed by atoms with Crippen LogP contribution in [0, 0.1) is 0 Å². The predicted octanol–water partition coefficient (Wildman–Crippen LogP) is 1.88. The summed E-state index contributed by atoms with van der Waals surface area (Å²) >= 11 is 3.48. The van der Waals surface area contributed by atoms with Crippen LogP contribution in [-0.4, -0.2) is 42.6 Å². The lowest BCUT2D eigenvalue weighted by molar-refractivity contribution is 0.0766. The van der Waals surface area contributed by atoms with Crippen LogP contribution in [0.4, 0.5) is 0 Å². The van der Waals surface area contributed by atoms with Crippen LogP contribution in [0.2, 0.25) is 0 Å². The lowest BCUT2D eigenvalue weighted by Gasteiger charge is -2.23. The Morgan fingerprint density at radius 3 is 2.67 bits per heavy atom. The first-order valence-electron chi connectivity index (χ1n) is 4.60. The zero-order valence-corrected chi connectivity index (χ0v) is 9.51. The van der Waals surface area contributed by atoms with Crippen LogP contribution < -0.4 is 0 Å². The summed E-state index contributed by atoms with van der Waals surface area (Å²) in [6.45, 7) is 4.36. The van der Waals surface area contributed by atoms with E-state index in [9.17, 15) is 0 Å². The molecule has 1 unspecified atom stereocenters. The Hall–Kier alpha value is 0.400. The number of rotatable bonds is 6. The molecule has 0 N–H and O–H groups in total. The van der Waals surface area contributed by atoms with Crippen LogP contribution in [-0.2, 0) is 4.74 Å². The molecule has 72 valence electrons. The molecule has 1 rings (SSSR count). The highest BCUT2D eigenvalue weighted by Crippen LogP contribution is 2.26. The Labute approximate surface area is 83.4 Å². The summed E-state index contributed by atoms with van der Waals surface area (Å²) in [6.07, 6.45) is 3.12. The van der Waals surface area contributed by atoms with Gasteiger partial charge in [0, 0.05) is 31.6 Å². The van der Waals surface area contributed by atoms with Crippen LogP contribution in [0.25, 0.3) is 0 Å². The second-order valence-electron chi connectivity index (χ2n) is 3.46. The average molecular weight is 236 g/mol. The lowest BCUT2D eigenvalue weighted by atomic mass is 10.3. The summed E-state index contributed by atoms with van der Waals surface area (Å²) in [5, 5.41) is 1.07. The normalized spacial score (nSPS) is 20.0. The van der Waals surface area contributed by atoms with Gasteiger partial charge in [-0.2, -0.15) is 0 Å². The third-order valence-electron chi connectivity index (χ3n) is 2.33. The van der Waals surface area contributed by atoms with Crippen molar-refractivity contribution >= 4 is 15.9 Å². The van der Waals surface area contributed by atoms with Crippen molar-refractivity contribution in [1.29, 1.82) is 0 Å². The second kappa shape index (κ2) is 5.20. The molecule has 2 nitrogen and oxygen atoms in total. The molecule has 1 fully saturated rings. The topological polar surface area (TPSA) is 12.5 Å². The van der Waals surface area contributed by atoms with E-state index in [1.807, 2.05) is 0 Å². The van der Waals surface area contributed by atoms with E-state index in [1.165, 1.54) is 12.8 Å². The number of methoxy groups -OCH3 is 1. The van der Waals surface area contributed by atoms with Gasteiger partial charge in [-0.3, -0.25) is 4.90 Å². The maximum Gasteiger partial charge on any atom is 0.0670 e. The maximum absolute atomic E-state index is 5.25. The van der Waals surface area contributed by atoms with E-state index in [0.29, 0.717) is 6.10 Å². The molecule has 0 aromatic heterocycles. The first-order valence-corrected chi connectivity index (χ1v) is 5.73. The van der Waals surface area contributed by atoms with Crippen LogP contribution in [0.15, 0.2) is 0 Å². The zero-order chi connectivity index (χ0) is 8.97. The molecule has 0 aromatic carbocycles. The molecule has 1 aliphatic carbocycles. The molecule has 0 aromatic rings. The predicted molar refractivity (Wildman–Crippen MR) is 54.9 cm³/mol. The summed E-state index contributed by atoms with van der Waals surface area (Å²) in [5.41, 5.74) is 0. The van der Waals surface area contributed by atoms with E-state index < -0.39 is 0 Å². The van der Waals surface area contributed by atoms with Gasteiger partial charge in [0.1, 0.15) is 0 Å². The van der Waals surface area contributed by atoms with E-state index in [2.05, 4.69) is 27.8 Å². The minimum Gasteiger partial charge on any atom is -0.380 e. The summed E-state index contributed by atoms with van der Waals surface area (Å²) in [5.74, 6) is 0. The molecule has 12 heavy (non-hydrogen) atoms. The molecular weight excluding hydrogens is 218 g/mol. The molecule has 0 bridgehead atoms. The smallest absolute Gasteiger partial charge is 0.0670 e. The van der Waals surface area contributed by atoms with Crippen molar-refractivity contribution in [2.75, 3.05) is 25.5 Å². The van der Waals surface area contributed by atoms with E-state index in [-0.39, 0.29) is 0 Å². The number of alkyl halides is 1. The molecular formula is C9H18BrNO. The van der Waals surface area contributed by atoms with Crippen molar-refractivity contribution in [3.05, 3.63) is 0 Å². The van der Waals surface area contributed by atoms with Crippen molar-refractivity contribution in [3.8, 4) is 0 Å². The monoisotopic (exact) mass is 235 g/mol. The molecule has 0 radical (unpaired) electrons. The van der Waals surface area contributed by atoms with Crippen molar-refractivity contribution in [1.82, 2.24) is 4.90 Å². The largest absolute Gasteiger partial charge is 0.380 e. The molecule has 0 amide bonds. The van der Waals surface area contributed by atoms with E-state index in [4.69, 9.17) is 4.74 Å². The van der Waals surface area contributed by atoms with E-state index >= 15 is 0 Å². The van der Waals surface area contributed by atoms with Crippen LogP contribution >= 0.6 is 15.9 Å². The zero-order valence-electron chi connectivity index (χ0n) is 7.92. The molecule has 0 heterocycles. The van der Waals surface area contributed by atoms with Gasteiger partial charge in [0.05, 0.1) is 6.10 Å². The number of hydrogen-bond donors (Lipinski definition) is 0. The highest BCUT2D eigenvalue weighted by Gasteiger charge is 2.28. The van der Waals surface area contributed by atoms with Crippen LogP contribution in [0.5, 0.6) is 0 Å². The summed E-state index contributed by atoms with van der Waals surface area (Å²) in [4.78, 5) is 2.52. The van der Waals surface area contributed by atoms with Gasteiger partial charge < -0.3 is 4.74 Å². The summed E-state index contributed by atoms with van der Waals surface area (Å²) < 4.78 is 5.25. The van der Waals surface area contributed by atoms with Gasteiger partial charge in [-0.1, -0.05) is 15.9 Å². The van der Waals surface area contributed by atoms with Crippen LogP contribution in [0.3, 0.4) is 0 Å². The fourth-order valence-corrected chi connectivity index (χ4v) is 1.83. The Morgan fingerprint density at radius 2 is 2.25 bits per heavy atom. The molecule has 1 saturated carbocycles. The van der Waals surface area contributed by atoms with Gasteiger partial charge >= 0.3 is 0 Å². The number of ether oxygens (including phenoxy) is 1. The SMILES string of the molecule is COC(C)CN(CCBr)C1CC1. The van der Waals surface area contributed by atoms with Crippen molar-refractivity contribution < 1.29 is 4.74 Å². The molecule has 3 heteroatoms. The molecule has 1 atom stereocenters. The minimum absolute atomic E-state index is 0.365. The Bertz CT molecular complexity index is 128. The standard InChI is InChI=1S/C9H18BrNO/c1-8(12-2)7-11(6-5-10)9-3-4-9/h8-9H,3-7H2,1-2H3. The van der Waals surface area contributed by atoms with Gasteiger partial charge in [0.2, 0.25) is 0 Å². The lowest BCUT2D eigenvalue weighted by Crippen LogP contribution is -2.35. The van der Waals surface area contributed by atoms with Gasteiger partial charge in [0.25, 0.3) is 0 Å². The minimum atomic E-state index is 0.365. The molecule has 0 spiro atoms. The third-order valence-corrected chi connectivity index (χ3v) is 2.68. The summed E-state index contributed by atoms with van der Waals surface area (Å²) in [6, 6.07) is 0.847. The van der Waals surface area contributed by atoms with Crippen molar-refractivity contribution in [2.45, 2.75) is 31.9 Å². The van der Waals surface area contributed by atoms with Crippen molar-refractivity contribution in [3.63, 3.8) is 0 Å². The number of nitrogens with zero attached hydrogens (tertiary/aromatic N) is 1. The number of halogens is 1. The van der Waals surface area contributed by atoms with Crippen LogP contribution in [0.1, 0.15) is 19.8 Å². The van der Waals surface area contributed by atoms with Gasteiger partial charge in [0.15, 0.2) is 0 Å². The average Bonchev–Trinajstić information content (AvgIpc) is 2.86. The highest BCUT2D eigenvalue weighted by molar-refractivity contribution is 9.09. The first-order chi connectivity index (χ1) is 5.77. The van der Waals surface area contributed by atoms with Crippen molar-refractivity contribution in [2.24, 2.45) is 0 Å². The highest BCUT2D eigenvalue weighted by atomic mass is 79.9. The fourth-order valence-electron chi connectivity index (χ4n) is 1.38. The Morgan fingerprint density at radius 1 is 1.58 bits per heavy atom. The second-order valence-corrected chi connectivity index (χ2v) is 4.25. The maximum atomic E-state index is 5.25. The molecule has 0 aliphatic heterocycles. The van der Waals surface area contributed by atoms with E-state index in [1.54, 1.807) is 7.11 Å². The Balaban J connectivity index is 2.22. The fraction of sp³-hybridized carbons (Fsp3) is 1.00. The molecule has 1 aliphatic rings. The Kier molecular flexibility index (Phi) is 4.54. The molecule has 0 saturated heterocycles. The van der Waals surface area contributed by atoms with E-state index in [0.717, 1.165) is 24.5 Å². The third kappa shape index (κ3) is 3.42. The van der Waals surface area contributed by atoms with Gasteiger partial charge in [-0.25, -0.2) is 0 Å². The number of hydrogen-bond acceptors (Lipinski definition) is 2. The first kappa shape index (κ1) is 10.5. The van der Waals surface area contributed by atoms with Gasteiger partial charge in [-0.05, 0) is 19.8 Å². The quantitative estimate of drug-likeness (QED) is 0.653. The summed E-state index contributed by atoms with van der Waals surface area (Å²) in [7, 11) is 1.78. The van der Waals surface area contributed by atoms with Gasteiger partial charge in [-0.15, -0.1) is 0 Å².